The molecule has 3 amide bonds. The van der Waals surface area contributed by atoms with Gasteiger partial charge in [0.15, 0.2) is 0 Å². The summed E-state index contributed by atoms with van der Waals surface area (Å²) in [6.07, 6.45) is 0.848. The van der Waals surface area contributed by atoms with Gasteiger partial charge >= 0.3 is 6.03 Å². The molecule has 2 atom stereocenters. The zero-order valence-electron chi connectivity index (χ0n) is 15.8. The van der Waals surface area contributed by atoms with Crippen molar-refractivity contribution in [2.75, 3.05) is 11.4 Å². The maximum Gasteiger partial charge on any atom is 0.324 e. The Kier molecular flexibility index (Phi) is 5.15. The molecule has 0 spiro atoms. The van der Waals surface area contributed by atoms with Gasteiger partial charge in [-0.1, -0.05) is 32.9 Å². The summed E-state index contributed by atoms with van der Waals surface area (Å²) >= 11 is 0. The number of hydrogen-bond donors (Lipinski definition) is 2. The number of nitrogens with zero attached hydrogens (tertiary/aromatic N) is 3. The maximum atomic E-state index is 12.8. The smallest absolute Gasteiger partial charge is 0.324 e. The molecule has 1 aliphatic rings. The van der Waals surface area contributed by atoms with E-state index in [1.807, 2.05) is 56.5 Å². The van der Waals surface area contributed by atoms with Gasteiger partial charge < -0.3 is 15.2 Å². The predicted molar refractivity (Wildman–Crippen MR) is 102 cm³/mol. The lowest BCUT2D eigenvalue weighted by Crippen LogP contribution is -2.54. The Bertz CT molecular complexity index is 813. The van der Waals surface area contributed by atoms with Crippen molar-refractivity contribution in [3.8, 4) is 0 Å². The number of urea groups is 1. The van der Waals surface area contributed by atoms with Crippen LogP contribution in [-0.2, 0) is 11.3 Å². The van der Waals surface area contributed by atoms with Crippen LogP contribution in [0.4, 0.5) is 10.7 Å². The Morgan fingerprint density at radius 3 is 2.58 bits per heavy atom. The fraction of sp³-hybridized carbons (Fsp3) is 0.526. The Labute approximate surface area is 153 Å². The Morgan fingerprint density at radius 1 is 1.15 bits per heavy atom. The summed E-state index contributed by atoms with van der Waals surface area (Å²) in [6, 6.07) is 7.07. The van der Waals surface area contributed by atoms with Crippen LogP contribution >= 0.6 is 0 Å². The van der Waals surface area contributed by atoms with Crippen LogP contribution in [0.25, 0.3) is 11.0 Å². The molecule has 2 heterocycles. The summed E-state index contributed by atoms with van der Waals surface area (Å²) in [7, 11) is 0. The number of fused-ring (bicyclic) bond motifs is 3. The predicted octanol–water partition coefficient (Wildman–Crippen LogP) is 2.51. The second kappa shape index (κ2) is 7.35. The monoisotopic (exact) mass is 357 g/mol. The molecule has 0 radical (unpaired) electrons. The number of amides is 3. The normalized spacial score (nSPS) is 15.8. The molecule has 140 valence electrons. The van der Waals surface area contributed by atoms with Crippen LogP contribution in [0.2, 0.25) is 0 Å². The van der Waals surface area contributed by atoms with Crippen LogP contribution in [0.5, 0.6) is 0 Å². The van der Waals surface area contributed by atoms with Gasteiger partial charge in [0.1, 0.15) is 6.04 Å². The average Bonchev–Trinajstić information content (AvgIpc) is 3.17. The highest BCUT2D eigenvalue weighted by Crippen LogP contribution is 2.27. The first kappa shape index (κ1) is 18.2. The summed E-state index contributed by atoms with van der Waals surface area (Å²) in [6.45, 7) is 9.09. The molecule has 2 N–H and O–H groups in total. The Hall–Kier alpha value is -2.57. The number of aromatic nitrogens is 2. The molecule has 2 unspecified atom stereocenters. The minimum atomic E-state index is -0.574. The zero-order valence-corrected chi connectivity index (χ0v) is 15.8. The first-order valence-electron chi connectivity index (χ1n) is 9.26. The molecule has 0 bridgehead atoms. The van der Waals surface area contributed by atoms with E-state index >= 15 is 0 Å². The largest absolute Gasteiger partial charge is 0.352 e. The van der Waals surface area contributed by atoms with Crippen molar-refractivity contribution in [2.45, 2.75) is 52.7 Å². The van der Waals surface area contributed by atoms with E-state index in [0.29, 0.717) is 19.0 Å². The number of nitrogens with one attached hydrogen (secondary N) is 2. The van der Waals surface area contributed by atoms with Gasteiger partial charge in [0.2, 0.25) is 11.9 Å². The molecule has 7 nitrogen and oxygen atoms in total. The van der Waals surface area contributed by atoms with Crippen LogP contribution in [0.1, 0.15) is 34.1 Å². The zero-order chi connectivity index (χ0) is 18.8. The molecule has 0 saturated heterocycles. The number of benzene rings is 1. The SMILES string of the molecule is CCC(C)NC(=O)C(NC(=O)N1CCn2c1nc1ccccc12)C(C)C. The molecule has 1 aliphatic heterocycles. The first-order chi connectivity index (χ1) is 12.4. The fourth-order valence-corrected chi connectivity index (χ4v) is 3.16. The van der Waals surface area contributed by atoms with E-state index in [9.17, 15) is 9.59 Å². The number of imidazole rings is 1. The Balaban J connectivity index is 1.76. The second-order valence-corrected chi connectivity index (χ2v) is 7.19. The number of carbonyl (C=O) groups excluding carboxylic acids is 2. The molecule has 7 heteroatoms. The number of hydrogen-bond acceptors (Lipinski definition) is 3. The minimum absolute atomic E-state index is 0.00979. The molecule has 0 aliphatic carbocycles. The van der Waals surface area contributed by atoms with Crippen molar-refractivity contribution < 1.29 is 9.59 Å². The highest BCUT2D eigenvalue weighted by Gasteiger charge is 2.32. The second-order valence-electron chi connectivity index (χ2n) is 7.19. The van der Waals surface area contributed by atoms with Gasteiger partial charge in [-0.3, -0.25) is 9.69 Å². The van der Waals surface area contributed by atoms with Crippen molar-refractivity contribution in [3.05, 3.63) is 24.3 Å². The van der Waals surface area contributed by atoms with Crippen LogP contribution < -0.4 is 15.5 Å². The van der Waals surface area contributed by atoms with Crippen molar-refractivity contribution >= 4 is 28.9 Å². The third-order valence-electron chi connectivity index (χ3n) is 4.90. The van der Waals surface area contributed by atoms with Crippen molar-refractivity contribution in [1.29, 1.82) is 0 Å². The quantitative estimate of drug-likeness (QED) is 0.863. The average molecular weight is 357 g/mol. The highest BCUT2D eigenvalue weighted by molar-refractivity contribution is 5.96. The fourth-order valence-electron chi connectivity index (χ4n) is 3.16. The van der Waals surface area contributed by atoms with E-state index < -0.39 is 6.04 Å². The van der Waals surface area contributed by atoms with Crippen LogP contribution in [0, 0.1) is 5.92 Å². The minimum Gasteiger partial charge on any atom is -0.352 e. The van der Waals surface area contributed by atoms with Crippen LogP contribution in [-0.4, -0.2) is 40.1 Å². The molecule has 3 rings (SSSR count). The molecule has 1 aromatic heterocycles. The van der Waals surface area contributed by atoms with Crippen molar-refractivity contribution in [1.82, 2.24) is 20.2 Å². The van der Waals surface area contributed by atoms with E-state index in [1.165, 1.54) is 0 Å². The summed E-state index contributed by atoms with van der Waals surface area (Å²) in [4.78, 5) is 31.6. The van der Waals surface area contributed by atoms with E-state index in [2.05, 4.69) is 15.6 Å². The molecule has 2 aromatic rings. The van der Waals surface area contributed by atoms with Gasteiger partial charge in [0.25, 0.3) is 0 Å². The molecule has 0 fully saturated rings. The molecule has 26 heavy (non-hydrogen) atoms. The molecule has 0 saturated carbocycles. The van der Waals surface area contributed by atoms with Gasteiger partial charge in [0, 0.05) is 19.1 Å². The van der Waals surface area contributed by atoms with Crippen LogP contribution in [0.3, 0.4) is 0 Å². The lowest BCUT2D eigenvalue weighted by atomic mass is 10.0. The standard InChI is InChI=1S/C19H27N5O2/c1-5-13(4)20-17(25)16(12(2)3)22-19(26)24-11-10-23-15-9-7-6-8-14(15)21-18(23)24/h6-9,12-13,16H,5,10-11H2,1-4H3,(H,20,25)(H,22,26). The number of carbonyl (C=O) groups is 2. The first-order valence-corrected chi connectivity index (χ1v) is 9.26. The lowest BCUT2D eigenvalue weighted by molar-refractivity contribution is -0.124. The summed E-state index contributed by atoms with van der Waals surface area (Å²) in [5.41, 5.74) is 1.89. The van der Waals surface area contributed by atoms with Crippen molar-refractivity contribution in [2.24, 2.45) is 5.92 Å². The van der Waals surface area contributed by atoms with Gasteiger partial charge in [0.05, 0.1) is 11.0 Å². The van der Waals surface area contributed by atoms with E-state index in [-0.39, 0.29) is 23.9 Å². The lowest BCUT2D eigenvalue weighted by Gasteiger charge is -2.25. The summed E-state index contributed by atoms with van der Waals surface area (Å²) in [5.74, 6) is 0.480. The van der Waals surface area contributed by atoms with Gasteiger partial charge in [-0.15, -0.1) is 0 Å². The summed E-state index contributed by atoms with van der Waals surface area (Å²) < 4.78 is 2.04. The number of rotatable bonds is 5. The maximum absolute atomic E-state index is 12.8. The topological polar surface area (TPSA) is 79.3 Å². The van der Waals surface area contributed by atoms with Crippen molar-refractivity contribution in [3.63, 3.8) is 0 Å². The highest BCUT2D eigenvalue weighted by atomic mass is 16.2. The van der Waals surface area contributed by atoms with Gasteiger partial charge in [-0.05, 0) is 31.4 Å². The summed E-state index contributed by atoms with van der Waals surface area (Å²) in [5, 5.41) is 5.85. The van der Waals surface area contributed by atoms with E-state index in [4.69, 9.17) is 0 Å². The Morgan fingerprint density at radius 2 is 1.88 bits per heavy atom. The number of para-hydroxylation sites is 2. The molecule has 1 aromatic carbocycles. The molecular formula is C19H27N5O2. The van der Waals surface area contributed by atoms with E-state index in [1.54, 1.807) is 4.90 Å². The molecular weight excluding hydrogens is 330 g/mol. The van der Waals surface area contributed by atoms with Gasteiger partial charge in [-0.2, -0.15) is 0 Å². The third kappa shape index (κ3) is 3.38. The van der Waals surface area contributed by atoms with Crippen LogP contribution in [0.15, 0.2) is 24.3 Å². The number of anilines is 1. The third-order valence-corrected chi connectivity index (χ3v) is 4.90. The van der Waals surface area contributed by atoms with Gasteiger partial charge in [-0.25, -0.2) is 9.78 Å². The van der Waals surface area contributed by atoms with E-state index in [0.717, 1.165) is 17.5 Å².